The molecule has 0 aromatic rings. The lowest BCUT2D eigenvalue weighted by Gasteiger charge is -1.71. The summed E-state index contributed by atoms with van der Waals surface area (Å²) < 4.78 is 0. The van der Waals surface area contributed by atoms with Crippen LogP contribution in [0, 0.1) is 0 Å². The molecule has 0 atom stereocenters. The van der Waals surface area contributed by atoms with Crippen LogP contribution in [0.25, 0.3) is 0 Å². The first kappa shape index (κ1) is 7.50. The molecule has 0 aromatic carbocycles. The summed E-state index contributed by atoms with van der Waals surface area (Å²) in [5, 5.41) is 1.97. The highest BCUT2D eigenvalue weighted by atomic mass is 32.2. The summed E-state index contributed by atoms with van der Waals surface area (Å²) in [6.07, 6.45) is 7.40. The lowest BCUT2D eigenvalue weighted by molar-refractivity contribution is 1.62. The fourth-order valence-electron chi connectivity index (χ4n) is 0.234. The number of thioether (sulfide) groups is 1. The van der Waals surface area contributed by atoms with Crippen LogP contribution >= 0.6 is 11.8 Å². The maximum absolute atomic E-state index is 3.52. The van der Waals surface area contributed by atoms with Crippen LogP contribution < -0.4 is 0 Å². The average Bonchev–Trinajstić information content (AvgIpc) is 1.81. The fraction of sp³-hybridized carbons (Fsp3) is 0.167. The number of hydrogen-bond donors (Lipinski definition) is 0. The van der Waals surface area contributed by atoms with Crippen molar-refractivity contribution in [2.75, 3.05) is 6.26 Å². The van der Waals surface area contributed by atoms with Crippen LogP contribution in [0.2, 0.25) is 0 Å². The zero-order chi connectivity index (χ0) is 6.24. The van der Waals surface area contributed by atoms with Gasteiger partial charge in [0, 0.05) is 6.20 Å². The molecule has 0 fully saturated rings. The van der Waals surface area contributed by atoms with E-state index in [1.54, 1.807) is 18.0 Å². The highest BCUT2D eigenvalue weighted by Crippen LogP contribution is 1.92. The second-order valence-corrected chi connectivity index (χ2v) is 1.83. The van der Waals surface area contributed by atoms with Crippen molar-refractivity contribution in [3.8, 4) is 0 Å². The van der Waals surface area contributed by atoms with Gasteiger partial charge in [-0.25, -0.2) is 0 Å². The van der Waals surface area contributed by atoms with Gasteiger partial charge in [-0.15, -0.1) is 11.8 Å². The molecule has 0 spiro atoms. The van der Waals surface area contributed by atoms with Gasteiger partial charge in [0.1, 0.15) is 0 Å². The normalized spacial score (nSPS) is 11.1. The third kappa shape index (κ3) is 5.50. The Balaban J connectivity index is 3.26. The Morgan fingerprint density at radius 3 is 2.75 bits per heavy atom. The van der Waals surface area contributed by atoms with E-state index in [9.17, 15) is 0 Å². The van der Waals surface area contributed by atoms with Crippen LogP contribution in [-0.4, -0.2) is 13.0 Å². The van der Waals surface area contributed by atoms with Gasteiger partial charge in [0.05, 0.1) is 0 Å². The van der Waals surface area contributed by atoms with Crippen LogP contribution in [0.5, 0.6) is 0 Å². The Morgan fingerprint density at radius 1 is 1.50 bits per heavy atom. The van der Waals surface area contributed by atoms with Gasteiger partial charge in [-0.05, 0) is 24.5 Å². The number of allylic oxidation sites excluding steroid dienone is 2. The monoisotopic (exact) mass is 127 g/mol. The molecule has 0 heterocycles. The molecule has 2 heteroatoms. The van der Waals surface area contributed by atoms with Gasteiger partial charge in [0.2, 0.25) is 0 Å². The molecular formula is C6H9NS. The zero-order valence-corrected chi connectivity index (χ0v) is 5.69. The van der Waals surface area contributed by atoms with E-state index in [-0.39, 0.29) is 0 Å². The van der Waals surface area contributed by atoms with E-state index in [1.807, 2.05) is 23.8 Å². The largest absolute Gasteiger partial charge is 0.273 e. The van der Waals surface area contributed by atoms with Crippen molar-refractivity contribution >= 4 is 18.5 Å². The van der Waals surface area contributed by atoms with E-state index in [0.29, 0.717) is 0 Å². The molecule has 0 N–H and O–H groups in total. The molecule has 0 aliphatic rings. The van der Waals surface area contributed by atoms with Crippen LogP contribution in [-0.2, 0) is 0 Å². The summed E-state index contributed by atoms with van der Waals surface area (Å²) in [5.74, 6) is 0. The Kier molecular flexibility index (Phi) is 6.09. The molecule has 0 bridgehead atoms. The topological polar surface area (TPSA) is 12.4 Å². The lowest BCUT2D eigenvalue weighted by atomic mass is 10.6. The third-order valence-electron chi connectivity index (χ3n) is 0.517. The SMILES string of the molecule is C=N/C=C\C=C\SC. The van der Waals surface area contributed by atoms with Gasteiger partial charge >= 0.3 is 0 Å². The number of hydrogen-bond acceptors (Lipinski definition) is 2. The van der Waals surface area contributed by atoms with Gasteiger partial charge in [-0.2, -0.15) is 0 Å². The summed E-state index contributed by atoms with van der Waals surface area (Å²) in [4.78, 5) is 3.52. The minimum absolute atomic E-state index is 1.65. The predicted octanol–water partition coefficient (Wildman–Crippen LogP) is 2.08. The highest BCUT2D eigenvalue weighted by Gasteiger charge is 1.59. The van der Waals surface area contributed by atoms with Crippen LogP contribution in [0.15, 0.2) is 28.8 Å². The summed E-state index contributed by atoms with van der Waals surface area (Å²) in [6.45, 7) is 3.28. The van der Waals surface area contributed by atoms with Gasteiger partial charge < -0.3 is 0 Å². The van der Waals surface area contributed by atoms with E-state index in [1.165, 1.54) is 0 Å². The number of nitrogens with zero attached hydrogens (tertiary/aromatic N) is 1. The first-order valence-corrected chi connectivity index (χ1v) is 3.51. The van der Waals surface area contributed by atoms with Crippen LogP contribution in [0.3, 0.4) is 0 Å². The minimum Gasteiger partial charge on any atom is -0.273 e. The van der Waals surface area contributed by atoms with Gasteiger partial charge in [-0.3, -0.25) is 4.99 Å². The fourth-order valence-corrected chi connectivity index (χ4v) is 0.482. The lowest BCUT2D eigenvalue weighted by Crippen LogP contribution is -1.46. The summed E-state index contributed by atoms with van der Waals surface area (Å²) in [6, 6.07) is 0. The number of aliphatic imine (C=N–C) groups is 1. The molecule has 0 aliphatic carbocycles. The molecule has 44 valence electrons. The Labute approximate surface area is 54.2 Å². The molecule has 0 amide bonds. The van der Waals surface area contributed by atoms with Crippen molar-refractivity contribution in [1.29, 1.82) is 0 Å². The second-order valence-electron chi connectivity index (χ2n) is 1.09. The molecule has 1 nitrogen and oxygen atoms in total. The van der Waals surface area contributed by atoms with Crippen LogP contribution in [0.4, 0.5) is 0 Å². The quantitative estimate of drug-likeness (QED) is 0.417. The van der Waals surface area contributed by atoms with Gasteiger partial charge in [0.25, 0.3) is 0 Å². The molecule has 0 rings (SSSR count). The third-order valence-corrected chi connectivity index (χ3v) is 0.947. The zero-order valence-electron chi connectivity index (χ0n) is 4.87. The van der Waals surface area contributed by atoms with E-state index in [4.69, 9.17) is 0 Å². The van der Waals surface area contributed by atoms with Crippen molar-refractivity contribution in [3.05, 3.63) is 23.8 Å². The smallest absolute Gasteiger partial charge is 0.0260 e. The van der Waals surface area contributed by atoms with E-state index < -0.39 is 0 Å². The van der Waals surface area contributed by atoms with Crippen molar-refractivity contribution in [2.24, 2.45) is 4.99 Å². The maximum atomic E-state index is 3.52. The minimum atomic E-state index is 1.65. The first-order valence-electron chi connectivity index (χ1n) is 2.22. The summed E-state index contributed by atoms with van der Waals surface area (Å²) >= 11 is 1.66. The Hall–Kier alpha value is -0.500. The standard InChI is InChI=1S/C6H9NS/c1-7-5-3-4-6-8-2/h3-6H,1H2,2H3/b5-3-,6-4+. The highest BCUT2D eigenvalue weighted by molar-refractivity contribution is 8.01. The molecular weight excluding hydrogens is 118 g/mol. The van der Waals surface area contributed by atoms with Crippen molar-refractivity contribution in [2.45, 2.75) is 0 Å². The Bertz CT molecular complexity index is 105. The van der Waals surface area contributed by atoms with E-state index >= 15 is 0 Å². The van der Waals surface area contributed by atoms with Gasteiger partial charge in [-0.1, -0.05) is 6.08 Å². The molecule has 8 heavy (non-hydrogen) atoms. The van der Waals surface area contributed by atoms with Crippen LogP contribution in [0.1, 0.15) is 0 Å². The molecule has 0 aromatic heterocycles. The average molecular weight is 127 g/mol. The first-order chi connectivity index (χ1) is 3.91. The van der Waals surface area contributed by atoms with E-state index in [2.05, 4.69) is 11.7 Å². The molecule has 0 saturated heterocycles. The maximum Gasteiger partial charge on any atom is 0.0260 e. The predicted molar refractivity (Wildman–Crippen MR) is 41.3 cm³/mol. The number of rotatable bonds is 3. The molecule has 0 saturated carbocycles. The Morgan fingerprint density at radius 2 is 2.25 bits per heavy atom. The summed E-state index contributed by atoms with van der Waals surface area (Å²) in [7, 11) is 0. The molecule has 0 radical (unpaired) electrons. The van der Waals surface area contributed by atoms with Crippen molar-refractivity contribution < 1.29 is 0 Å². The second kappa shape index (κ2) is 6.50. The van der Waals surface area contributed by atoms with Gasteiger partial charge in [0.15, 0.2) is 0 Å². The molecule has 0 unspecified atom stereocenters. The van der Waals surface area contributed by atoms with Crippen molar-refractivity contribution in [1.82, 2.24) is 0 Å². The van der Waals surface area contributed by atoms with Crippen molar-refractivity contribution in [3.63, 3.8) is 0 Å². The summed E-state index contributed by atoms with van der Waals surface area (Å²) in [5.41, 5.74) is 0. The van der Waals surface area contributed by atoms with E-state index in [0.717, 1.165) is 0 Å². The molecule has 0 aliphatic heterocycles.